The number of rotatable bonds is 2. The van der Waals surface area contributed by atoms with Crippen molar-refractivity contribution in [1.82, 2.24) is 4.90 Å². The maximum Gasteiger partial charge on any atom is 0.329 e. The highest BCUT2D eigenvalue weighted by molar-refractivity contribution is 9.10. The van der Waals surface area contributed by atoms with Gasteiger partial charge in [-0.3, -0.25) is 4.79 Å². The van der Waals surface area contributed by atoms with Crippen LogP contribution in [0.15, 0.2) is 16.6 Å². The third-order valence-corrected chi connectivity index (χ3v) is 4.78. The van der Waals surface area contributed by atoms with E-state index in [1.807, 2.05) is 0 Å². The number of carbonyl (C=O) groups excluding carboxylic acids is 1. The predicted octanol–water partition coefficient (Wildman–Crippen LogP) is 2.30. The van der Waals surface area contributed by atoms with Crippen LogP contribution in [0.2, 0.25) is 0 Å². The molecule has 2 aliphatic rings. The predicted molar refractivity (Wildman–Crippen MR) is 81.4 cm³/mol. The summed E-state index contributed by atoms with van der Waals surface area (Å²) in [5, 5.41) is 9.44. The summed E-state index contributed by atoms with van der Waals surface area (Å²) in [6, 6.07) is 3.26. The molecule has 0 aromatic heterocycles. The fourth-order valence-electron chi connectivity index (χ4n) is 2.90. The molecule has 118 valence electrons. The van der Waals surface area contributed by atoms with E-state index in [0.717, 1.165) is 0 Å². The molecule has 1 unspecified atom stereocenters. The Bertz CT molecular complexity index is 647. The summed E-state index contributed by atoms with van der Waals surface area (Å²) in [6.45, 7) is 2.91. The van der Waals surface area contributed by atoms with Crippen molar-refractivity contribution >= 4 is 27.8 Å². The largest absolute Gasteiger partial charge is 0.486 e. The van der Waals surface area contributed by atoms with Crippen molar-refractivity contribution in [1.29, 1.82) is 0 Å². The highest BCUT2D eigenvalue weighted by atomic mass is 79.9. The first-order valence-electron chi connectivity index (χ1n) is 7.08. The number of hydrogen-bond acceptors (Lipinski definition) is 4. The Kier molecular flexibility index (Phi) is 3.76. The molecule has 0 aliphatic carbocycles. The van der Waals surface area contributed by atoms with E-state index in [4.69, 9.17) is 9.47 Å². The van der Waals surface area contributed by atoms with Gasteiger partial charge in [-0.15, -0.1) is 0 Å². The maximum atomic E-state index is 12.8. The molecule has 1 fully saturated rings. The first-order chi connectivity index (χ1) is 10.4. The van der Waals surface area contributed by atoms with Crippen molar-refractivity contribution < 1.29 is 24.2 Å². The van der Waals surface area contributed by atoms with Crippen LogP contribution in [0.1, 0.15) is 30.1 Å². The standard InChI is InChI=1S/C15H16BrNO5/c1-15(14(19)20)3-2-4-17(15)13(18)9-7-10(16)12-11(8-9)21-5-6-22-12/h7-8H,2-6H2,1H3,(H,19,20). The number of carboxylic acid groups (broad SMARTS) is 1. The summed E-state index contributed by atoms with van der Waals surface area (Å²) >= 11 is 3.38. The molecule has 0 saturated carbocycles. The molecule has 1 amide bonds. The van der Waals surface area contributed by atoms with Crippen molar-refractivity contribution in [3.05, 3.63) is 22.2 Å². The van der Waals surface area contributed by atoms with Gasteiger partial charge in [0.2, 0.25) is 0 Å². The summed E-state index contributed by atoms with van der Waals surface area (Å²) in [5.41, 5.74) is -0.762. The van der Waals surface area contributed by atoms with E-state index in [9.17, 15) is 14.7 Å². The number of carboxylic acids is 1. The molecule has 0 spiro atoms. The number of carbonyl (C=O) groups is 2. The minimum atomic E-state index is -1.16. The number of amides is 1. The molecule has 1 atom stereocenters. The molecule has 7 heteroatoms. The third kappa shape index (κ3) is 2.33. The first kappa shape index (κ1) is 15.1. The lowest BCUT2D eigenvalue weighted by molar-refractivity contribution is -0.147. The van der Waals surface area contributed by atoms with Crippen molar-refractivity contribution in [2.45, 2.75) is 25.3 Å². The van der Waals surface area contributed by atoms with Gasteiger partial charge in [0.1, 0.15) is 18.8 Å². The maximum absolute atomic E-state index is 12.8. The van der Waals surface area contributed by atoms with Gasteiger partial charge < -0.3 is 19.5 Å². The van der Waals surface area contributed by atoms with E-state index in [1.165, 1.54) is 4.90 Å². The highest BCUT2D eigenvalue weighted by Gasteiger charge is 2.46. The first-order valence-corrected chi connectivity index (χ1v) is 7.87. The number of nitrogens with zero attached hydrogens (tertiary/aromatic N) is 1. The van der Waals surface area contributed by atoms with Crippen molar-refractivity contribution in [3.8, 4) is 11.5 Å². The van der Waals surface area contributed by atoms with Crippen molar-refractivity contribution in [3.63, 3.8) is 0 Å². The van der Waals surface area contributed by atoms with E-state index in [-0.39, 0.29) is 5.91 Å². The van der Waals surface area contributed by atoms with Crippen LogP contribution in [0.5, 0.6) is 11.5 Å². The minimum absolute atomic E-state index is 0.305. The molecule has 3 rings (SSSR count). The van der Waals surface area contributed by atoms with E-state index in [1.54, 1.807) is 19.1 Å². The van der Waals surface area contributed by atoms with Crippen LogP contribution in [-0.4, -0.2) is 47.2 Å². The number of ether oxygens (including phenoxy) is 2. The number of likely N-dealkylation sites (tertiary alicyclic amines) is 1. The minimum Gasteiger partial charge on any atom is -0.486 e. The lowest BCUT2D eigenvalue weighted by Gasteiger charge is -2.31. The molecular formula is C15H16BrNO5. The number of benzene rings is 1. The summed E-state index contributed by atoms with van der Waals surface area (Å²) < 4.78 is 11.6. The van der Waals surface area contributed by atoms with Gasteiger partial charge in [-0.1, -0.05) is 0 Å². The number of aliphatic carboxylic acids is 1. The van der Waals surface area contributed by atoms with Gasteiger partial charge in [0, 0.05) is 12.1 Å². The molecule has 22 heavy (non-hydrogen) atoms. The number of hydrogen-bond donors (Lipinski definition) is 1. The second-order valence-corrected chi connectivity index (χ2v) is 6.48. The third-order valence-electron chi connectivity index (χ3n) is 4.19. The Labute approximate surface area is 136 Å². The van der Waals surface area contributed by atoms with E-state index in [0.29, 0.717) is 54.1 Å². The molecule has 6 nitrogen and oxygen atoms in total. The Hall–Kier alpha value is -1.76. The Morgan fingerprint density at radius 2 is 2.05 bits per heavy atom. The fraction of sp³-hybridized carbons (Fsp3) is 0.467. The Morgan fingerprint density at radius 1 is 1.32 bits per heavy atom. The van der Waals surface area contributed by atoms with Gasteiger partial charge in [0.05, 0.1) is 4.47 Å². The summed E-state index contributed by atoms with van der Waals surface area (Å²) in [6.07, 6.45) is 1.14. The Balaban J connectivity index is 1.96. The molecule has 2 aliphatic heterocycles. The van der Waals surface area contributed by atoms with Crippen molar-refractivity contribution in [2.75, 3.05) is 19.8 Å². The van der Waals surface area contributed by atoms with Crippen LogP contribution < -0.4 is 9.47 Å². The lowest BCUT2D eigenvalue weighted by Crippen LogP contribution is -2.50. The molecule has 2 heterocycles. The fourth-order valence-corrected chi connectivity index (χ4v) is 3.46. The van der Waals surface area contributed by atoms with Crippen LogP contribution in [0.4, 0.5) is 0 Å². The van der Waals surface area contributed by atoms with Gasteiger partial charge in [-0.2, -0.15) is 0 Å². The molecule has 1 aromatic carbocycles. The molecular weight excluding hydrogens is 354 g/mol. The second-order valence-electron chi connectivity index (χ2n) is 5.62. The average molecular weight is 370 g/mol. The zero-order valence-corrected chi connectivity index (χ0v) is 13.7. The smallest absolute Gasteiger partial charge is 0.329 e. The monoisotopic (exact) mass is 369 g/mol. The van der Waals surface area contributed by atoms with E-state index in [2.05, 4.69) is 15.9 Å². The molecule has 1 saturated heterocycles. The van der Waals surface area contributed by atoms with Crippen molar-refractivity contribution in [2.24, 2.45) is 0 Å². The van der Waals surface area contributed by atoms with Gasteiger partial charge in [0.25, 0.3) is 5.91 Å². The number of halogens is 1. The highest BCUT2D eigenvalue weighted by Crippen LogP contribution is 2.40. The molecule has 0 bridgehead atoms. The lowest BCUT2D eigenvalue weighted by atomic mass is 9.98. The second kappa shape index (κ2) is 5.46. The molecule has 1 N–H and O–H groups in total. The van der Waals surface area contributed by atoms with Gasteiger partial charge in [-0.25, -0.2) is 4.79 Å². The normalized spacial score (nSPS) is 23.5. The van der Waals surface area contributed by atoms with Crippen LogP contribution in [0, 0.1) is 0 Å². The van der Waals surface area contributed by atoms with Crippen LogP contribution >= 0.6 is 15.9 Å². The summed E-state index contributed by atoms with van der Waals surface area (Å²) in [5.74, 6) is -0.208. The van der Waals surface area contributed by atoms with E-state index >= 15 is 0 Å². The van der Waals surface area contributed by atoms with Gasteiger partial charge in [-0.05, 0) is 47.8 Å². The topological polar surface area (TPSA) is 76.1 Å². The van der Waals surface area contributed by atoms with Crippen LogP contribution in [0.3, 0.4) is 0 Å². The quantitative estimate of drug-likeness (QED) is 0.865. The van der Waals surface area contributed by atoms with Gasteiger partial charge in [0.15, 0.2) is 11.5 Å². The van der Waals surface area contributed by atoms with Crippen LogP contribution in [0.25, 0.3) is 0 Å². The average Bonchev–Trinajstić information content (AvgIpc) is 2.90. The van der Waals surface area contributed by atoms with Gasteiger partial charge >= 0.3 is 5.97 Å². The number of fused-ring (bicyclic) bond motifs is 1. The molecule has 1 aromatic rings. The SMILES string of the molecule is CC1(C(=O)O)CCCN1C(=O)c1cc(Br)c2c(c1)OCCO2. The zero-order chi connectivity index (χ0) is 15.9. The summed E-state index contributed by atoms with van der Waals surface area (Å²) in [4.78, 5) is 25.7. The summed E-state index contributed by atoms with van der Waals surface area (Å²) in [7, 11) is 0. The van der Waals surface area contributed by atoms with Crippen LogP contribution in [-0.2, 0) is 4.79 Å². The zero-order valence-electron chi connectivity index (χ0n) is 12.1. The Morgan fingerprint density at radius 3 is 2.77 bits per heavy atom. The van der Waals surface area contributed by atoms with E-state index < -0.39 is 11.5 Å². The molecule has 0 radical (unpaired) electrons.